The normalized spacial score (nSPS) is 40.9. The van der Waals surface area contributed by atoms with Crippen molar-refractivity contribution < 1.29 is 10.2 Å². The highest BCUT2D eigenvalue weighted by atomic mass is 16.3. The summed E-state index contributed by atoms with van der Waals surface area (Å²) in [6.45, 7) is 2.66. The molecule has 2 saturated carbocycles. The molecule has 0 heterocycles. The molecule has 0 spiro atoms. The Morgan fingerprint density at radius 3 is 2.53 bits per heavy atom. The van der Waals surface area contributed by atoms with Crippen LogP contribution in [0.15, 0.2) is 0 Å². The van der Waals surface area contributed by atoms with E-state index in [0.717, 1.165) is 19.3 Å². The minimum Gasteiger partial charge on any atom is -0.396 e. The van der Waals surface area contributed by atoms with Crippen molar-refractivity contribution in [1.82, 2.24) is 0 Å². The first-order valence-electron chi connectivity index (χ1n) is 6.80. The highest BCUT2D eigenvalue weighted by Gasteiger charge is 2.47. The summed E-state index contributed by atoms with van der Waals surface area (Å²) in [6.07, 6.45) is 15.9. The molecule has 0 aromatic heterocycles. The lowest BCUT2D eigenvalue weighted by molar-refractivity contribution is -0.0824. The van der Waals surface area contributed by atoms with Gasteiger partial charge in [0, 0.05) is 6.61 Å². The van der Waals surface area contributed by atoms with Crippen molar-refractivity contribution in [1.29, 1.82) is 0 Å². The maximum absolute atomic E-state index is 10.1. The maximum atomic E-state index is 10.1. The molecule has 0 aromatic carbocycles. The smallest absolute Gasteiger partial charge is 0.0573 e. The van der Waals surface area contributed by atoms with E-state index in [9.17, 15) is 5.11 Å². The molecular formula is C15H26O2. The Bertz CT molecular complexity index is 247. The summed E-state index contributed by atoms with van der Waals surface area (Å²) in [7, 11) is 0. The maximum Gasteiger partial charge on any atom is 0.0573 e. The van der Waals surface area contributed by atoms with Crippen molar-refractivity contribution in [3.8, 4) is 12.8 Å². The fourth-order valence-corrected chi connectivity index (χ4v) is 4.09. The first-order valence-corrected chi connectivity index (χ1v) is 6.80. The van der Waals surface area contributed by atoms with Gasteiger partial charge in [0.15, 0.2) is 0 Å². The van der Waals surface area contributed by atoms with Crippen LogP contribution in [-0.2, 0) is 0 Å². The lowest BCUT2D eigenvalue weighted by Crippen LogP contribution is -2.47. The van der Waals surface area contributed by atoms with Crippen molar-refractivity contribution >= 4 is 0 Å². The van der Waals surface area contributed by atoms with E-state index in [4.69, 9.17) is 5.11 Å². The van der Waals surface area contributed by atoms with E-state index in [2.05, 4.69) is 19.8 Å². The standard InChI is InChI=1S/C13H24O2.C2H2/c1-13-8-3-6-12(15)11(13)5-2-4-10(13)7-9-14;1-2/h10-12,14-15H,2-9H2,1H3;1-2H/t10?,11?,12-,13+;/m0./s1. The zero-order valence-electron chi connectivity index (χ0n) is 10.9. The topological polar surface area (TPSA) is 40.5 Å². The van der Waals surface area contributed by atoms with Gasteiger partial charge in [0.05, 0.1) is 6.10 Å². The second kappa shape index (κ2) is 6.42. The van der Waals surface area contributed by atoms with Gasteiger partial charge >= 0.3 is 0 Å². The Balaban J connectivity index is 0.000000686. The van der Waals surface area contributed by atoms with Crippen molar-refractivity contribution in [2.24, 2.45) is 17.3 Å². The molecule has 2 nitrogen and oxygen atoms in total. The monoisotopic (exact) mass is 238 g/mol. The molecule has 98 valence electrons. The minimum absolute atomic E-state index is 0.0785. The Labute approximate surface area is 105 Å². The molecule has 0 radical (unpaired) electrons. The average Bonchev–Trinajstić information content (AvgIpc) is 2.34. The molecule has 17 heavy (non-hydrogen) atoms. The number of terminal acetylenes is 1. The highest BCUT2D eigenvalue weighted by molar-refractivity contribution is 4.97. The van der Waals surface area contributed by atoms with Crippen LogP contribution in [0.5, 0.6) is 0 Å². The van der Waals surface area contributed by atoms with Gasteiger partial charge in [-0.2, -0.15) is 0 Å². The Hall–Kier alpha value is -0.520. The summed E-state index contributed by atoms with van der Waals surface area (Å²) in [6, 6.07) is 0. The van der Waals surface area contributed by atoms with Crippen LogP contribution >= 0.6 is 0 Å². The van der Waals surface area contributed by atoms with E-state index in [1.807, 2.05) is 0 Å². The summed E-state index contributed by atoms with van der Waals surface area (Å²) >= 11 is 0. The number of hydrogen-bond donors (Lipinski definition) is 2. The lowest BCUT2D eigenvalue weighted by Gasteiger charge is -2.52. The van der Waals surface area contributed by atoms with Crippen molar-refractivity contribution in [3.63, 3.8) is 0 Å². The molecule has 4 atom stereocenters. The molecule has 0 bridgehead atoms. The SMILES string of the molecule is C#C.C[C@]12CCC[C@H](O)C1CCCC2CCO. The second-order valence-corrected chi connectivity index (χ2v) is 5.71. The zero-order valence-corrected chi connectivity index (χ0v) is 10.9. The third-order valence-corrected chi connectivity index (χ3v) is 5.00. The zero-order chi connectivity index (χ0) is 12.9. The van der Waals surface area contributed by atoms with Gasteiger partial charge in [0.25, 0.3) is 0 Å². The lowest BCUT2D eigenvalue weighted by atomic mass is 9.54. The average molecular weight is 238 g/mol. The Morgan fingerprint density at radius 1 is 1.18 bits per heavy atom. The number of aliphatic hydroxyl groups is 2. The van der Waals surface area contributed by atoms with Crippen LogP contribution in [0, 0.1) is 30.1 Å². The molecule has 2 fully saturated rings. The van der Waals surface area contributed by atoms with Crippen LogP contribution in [0.3, 0.4) is 0 Å². The highest BCUT2D eigenvalue weighted by Crippen LogP contribution is 2.54. The summed E-state index contributed by atoms with van der Waals surface area (Å²) in [5.74, 6) is 1.13. The van der Waals surface area contributed by atoms with Gasteiger partial charge in [-0.25, -0.2) is 0 Å². The summed E-state index contributed by atoms with van der Waals surface area (Å²) in [5.41, 5.74) is 0.304. The molecular weight excluding hydrogens is 212 g/mol. The van der Waals surface area contributed by atoms with Gasteiger partial charge in [-0.05, 0) is 49.4 Å². The minimum atomic E-state index is -0.0785. The van der Waals surface area contributed by atoms with Gasteiger partial charge in [0.1, 0.15) is 0 Å². The van der Waals surface area contributed by atoms with E-state index in [1.54, 1.807) is 0 Å². The third kappa shape index (κ3) is 2.84. The van der Waals surface area contributed by atoms with Crippen LogP contribution in [0.25, 0.3) is 0 Å². The molecule has 2 aliphatic rings. The predicted molar refractivity (Wildman–Crippen MR) is 70.4 cm³/mol. The second-order valence-electron chi connectivity index (χ2n) is 5.71. The van der Waals surface area contributed by atoms with E-state index in [-0.39, 0.29) is 6.10 Å². The van der Waals surface area contributed by atoms with Gasteiger partial charge in [0.2, 0.25) is 0 Å². The van der Waals surface area contributed by atoms with Crippen LogP contribution in [0.2, 0.25) is 0 Å². The van der Waals surface area contributed by atoms with E-state index in [1.165, 1.54) is 25.7 Å². The molecule has 0 aliphatic heterocycles. The van der Waals surface area contributed by atoms with Crippen LogP contribution in [-0.4, -0.2) is 22.9 Å². The van der Waals surface area contributed by atoms with Gasteiger partial charge < -0.3 is 10.2 Å². The van der Waals surface area contributed by atoms with Gasteiger partial charge in [-0.1, -0.05) is 19.8 Å². The third-order valence-electron chi connectivity index (χ3n) is 5.00. The van der Waals surface area contributed by atoms with Gasteiger partial charge in [-0.3, -0.25) is 0 Å². The first kappa shape index (κ1) is 14.5. The fraction of sp³-hybridized carbons (Fsp3) is 0.867. The van der Waals surface area contributed by atoms with Crippen LogP contribution in [0.4, 0.5) is 0 Å². The van der Waals surface area contributed by atoms with Crippen molar-refractivity contribution in [2.75, 3.05) is 6.61 Å². The number of fused-ring (bicyclic) bond motifs is 1. The molecule has 2 rings (SSSR count). The number of hydrogen-bond acceptors (Lipinski definition) is 2. The van der Waals surface area contributed by atoms with Gasteiger partial charge in [-0.15, -0.1) is 12.8 Å². The first-order chi connectivity index (χ1) is 8.18. The summed E-state index contributed by atoms with van der Waals surface area (Å²) in [4.78, 5) is 0. The van der Waals surface area contributed by atoms with E-state index >= 15 is 0 Å². The van der Waals surface area contributed by atoms with E-state index < -0.39 is 0 Å². The predicted octanol–water partition coefficient (Wildman–Crippen LogP) is 2.59. The largest absolute Gasteiger partial charge is 0.396 e. The molecule has 2 aliphatic carbocycles. The number of rotatable bonds is 2. The van der Waals surface area contributed by atoms with Crippen LogP contribution < -0.4 is 0 Å². The van der Waals surface area contributed by atoms with E-state index in [0.29, 0.717) is 23.9 Å². The Kier molecular flexibility index (Phi) is 5.49. The number of aliphatic hydroxyl groups excluding tert-OH is 2. The van der Waals surface area contributed by atoms with Crippen molar-refractivity contribution in [2.45, 2.75) is 58.0 Å². The molecule has 2 N–H and O–H groups in total. The molecule has 2 heteroatoms. The summed E-state index contributed by atoms with van der Waals surface area (Å²) < 4.78 is 0. The molecule has 0 amide bonds. The fourth-order valence-electron chi connectivity index (χ4n) is 4.09. The van der Waals surface area contributed by atoms with Crippen molar-refractivity contribution in [3.05, 3.63) is 0 Å². The van der Waals surface area contributed by atoms with Crippen LogP contribution in [0.1, 0.15) is 51.9 Å². The quantitative estimate of drug-likeness (QED) is 0.726. The summed E-state index contributed by atoms with van der Waals surface area (Å²) in [5, 5.41) is 19.2. The Morgan fingerprint density at radius 2 is 1.88 bits per heavy atom. The molecule has 0 saturated heterocycles. The molecule has 2 unspecified atom stereocenters. The molecule has 0 aromatic rings.